The highest BCUT2D eigenvalue weighted by Gasteiger charge is 2.17. The Morgan fingerprint density at radius 3 is 2.24 bits per heavy atom. The minimum absolute atomic E-state index is 0.500. The van der Waals surface area contributed by atoms with Gasteiger partial charge in [-0.3, -0.25) is 0 Å². The molecular formula is C16H21B. The van der Waals surface area contributed by atoms with E-state index in [9.17, 15) is 0 Å². The van der Waals surface area contributed by atoms with Gasteiger partial charge in [0.25, 0.3) is 0 Å². The fraction of sp³-hybridized carbons (Fsp3) is 0.250. The van der Waals surface area contributed by atoms with E-state index in [0.29, 0.717) is 6.71 Å². The van der Waals surface area contributed by atoms with Crippen LogP contribution in [0.3, 0.4) is 0 Å². The van der Waals surface area contributed by atoms with Crippen molar-refractivity contribution >= 4 is 12.2 Å². The summed E-state index contributed by atoms with van der Waals surface area (Å²) in [7, 11) is 0. The summed E-state index contributed by atoms with van der Waals surface area (Å²) in [6.45, 7) is 14.2. The van der Waals surface area contributed by atoms with E-state index in [-0.39, 0.29) is 0 Å². The number of hydrogen-bond acceptors (Lipinski definition) is 0. The molecule has 0 bridgehead atoms. The molecule has 0 aliphatic rings. The third kappa shape index (κ3) is 3.49. The second kappa shape index (κ2) is 6.95. The van der Waals surface area contributed by atoms with E-state index in [1.54, 1.807) is 0 Å². The fourth-order valence-corrected chi connectivity index (χ4v) is 2.28. The molecule has 0 radical (unpaired) electrons. The van der Waals surface area contributed by atoms with Crippen LogP contribution >= 0.6 is 0 Å². The maximum Gasteiger partial charge on any atom is 0.183 e. The van der Waals surface area contributed by atoms with E-state index < -0.39 is 0 Å². The van der Waals surface area contributed by atoms with Gasteiger partial charge >= 0.3 is 0 Å². The van der Waals surface area contributed by atoms with Gasteiger partial charge in [0.1, 0.15) is 0 Å². The highest BCUT2D eigenvalue weighted by Crippen LogP contribution is 2.12. The van der Waals surface area contributed by atoms with Crippen LogP contribution in [-0.2, 0) is 6.42 Å². The summed E-state index contributed by atoms with van der Waals surface area (Å²) in [6, 6.07) is 6.53. The van der Waals surface area contributed by atoms with Gasteiger partial charge in [-0.05, 0) is 24.5 Å². The first kappa shape index (κ1) is 13.6. The topological polar surface area (TPSA) is 0 Å². The van der Waals surface area contributed by atoms with Crippen LogP contribution < -0.4 is 5.46 Å². The molecule has 1 aromatic rings. The largest absolute Gasteiger partial charge is 0.183 e. The molecule has 0 aromatic heterocycles. The average Bonchev–Trinajstić information content (AvgIpc) is 2.32. The van der Waals surface area contributed by atoms with E-state index in [2.05, 4.69) is 44.9 Å². The van der Waals surface area contributed by atoms with Crippen molar-refractivity contribution in [3.05, 3.63) is 67.3 Å². The van der Waals surface area contributed by atoms with E-state index in [1.165, 1.54) is 16.6 Å². The minimum Gasteiger partial charge on any atom is -0.104 e. The molecule has 0 saturated heterocycles. The van der Waals surface area contributed by atoms with Gasteiger partial charge in [0, 0.05) is 0 Å². The Balaban J connectivity index is 3.15. The maximum absolute atomic E-state index is 3.85. The molecule has 0 amide bonds. The van der Waals surface area contributed by atoms with Gasteiger partial charge in [-0.25, -0.2) is 0 Å². The van der Waals surface area contributed by atoms with Crippen LogP contribution in [-0.4, -0.2) is 6.71 Å². The van der Waals surface area contributed by atoms with Crippen LogP contribution in [0.1, 0.15) is 11.1 Å². The molecule has 0 unspecified atom stereocenters. The highest BCUT2D eigenvalue weighted by atomic mass is 14.0. The van der Waals surface area contributed by atoms with Crippen LogP contribution in [0.15, 0.2) is 56.2 Å². The molecule has 0 heterocycles. The summed E-state index contributed by atoms with van der Waals surface area (Å²) >= 11 is 0. The first-order chi connectivity index (χ1) is 8.24. The molecule has 1 rings (SSSR count). The van der Waals surface area contributed by atoms with Crippen LogP contribution in [0.2, 0.25) is 12.6 Å². The van der Waals surface area contributed by atoms with Gasteiger partial charge in [0.05, 0.1) is 0 Å². The molecule has 17 heavy (non-hydrogen) atoms. The molecule has 1 aromatic carbocycles. The summed E-state index contributed by atoms with van der Waals surface area (Å²) in [5, 5.41) is 0. The molecule has 1 heteroatoms. The quantitative estimate of drug-likeness (QED) is 0.488. The van der Waals surface area contributed by atoms with Crippen molar-refractivity contribution in [2.45, 2.75) is 26.0 Å². The van der Waals surface area contributed by atoms with Gasteiger partial charge in [-0.1, -0.05) is 54.5 Å². The Morgan fingerprint density at radius 1 is 1.06 bits per heavy atom. The predicted octanol–water partition coefficient (Wildman–Crippen LogP) is 3.80. The smallest absolute Gasteiger partial charge is 0.104 e. The summed E-state index contributed by atoms with van der Waals surface area (Å²) in [4.78, 5) is 0. The predicted molar refractivity (Wildman–Crippen MR) is 80.5 cm³/mol. The Morgan fingerprint density at radius 2 is 1.71 bits per heavy atom. The van der Waals surface area contributed by atoms with Crippen molar-refractivity contribution in [2.24, 2.45) is 0 Å². The molecule has 0 nitrogen and oxygen atoms in total. The van der Waals surface area contributed by atoms with Crippen molar-refractivity contribution in [1.29, 1.82) is 0 Å². The zero-order valence-corrected chi connectivity index (χ0v) is 10.8. The molecule has 88 valence electrons. The second-order valence-corrected chi connectivity index (χ2v) is 4.38. The van der Waals surface area contributed by atoms with Crippen molar-refractivity contribution in [2.75, 3.05) is 0 Å². The molecule has 0 spiro atoms. The molecular weight excluding hydrogens is 203 g/mol. The lowest BCUT2D eigenvalue weighted by molar-refractivity contribution is 1.23. The first-order valence-corrected chi connectivity index (χ1v) is 6.15. The van der Waals surface area contributed by atoms with Gasteiger partial charge < -0.3 is 0 Å². The van der Waals surface area contributed by atoms with E-state index in [0.717, 1.165) is 19.1 Å². The molecule has 0 saturated carbocycles. The normalized spacial score (nSPS) is 9.71. The van der Waals surface area contributed by atoms with Crippen LogP contribution in [0.4, 0.5) is 0 Å². The molecule has 0 atom stereocenters. The lowest BCUT2D eigenvalue weighted by Crippen LogP contribution is -2.32. The number of aryl methyl sites for hydroxylation is 1. The van der Waals surface area contributed by atoms with E-state index >= 15 is 0 Å². The Labute approximate surface area is 106 Å². The zero-order chi connectivity index (χ0) is 12.7. The van der Waals surface area contributed by atoms with Gasteiger partial charge in [-0.2, -0.15) is 0 Å². The average molecular weight is 224 g/mol. The fourth-order valence-electron chi connectivity index (χ4n) is 2.28. The lowest BCUT2D eigenvalue weighted by Gasteiger charge is -2.16. The number of allylic oxidation sites excluding steroid dienone is 3. The van der Waals surface area contributed by atoms with Crippen molar-refractivity contribution in [3.8, 4) is 0 Å². The SMILES string of the molecule is C=CCB(CC=C)c1cccc(C)c1CC=C. The van der Waals surface area contributed by atoms with Crippen LogP contribution in [0, 0.1) is 6.92 Å². The Kier molecular flexibility index (Phi) is 5.55. The molecule has 0 aliphatic carbocycles. The Hall–Kier alpha value is -1.50. The minimum atomic E-state index is 0.500. The van der Waals surface area contributed by atoms with Crippen molar-refractivity contribution in [1.82, 2.24) is 0 Å². The summed E-state index contributed by atoms with van der Waals surface area (Å²) in [5.41, 5.74) is 4.18. The molecule has 0 aliphatic heterocycles. The monoisotopic (exact) mass is 224 g/mol. The third-order valence-corrected chi connectivity index (χ3v) is 3.14. The summed E-state index contributed by atoms with van der Waals surface area (Å²) in [5.74, 6) is 0. The van der Waals surface area contributed by atoms with Gasteiger partial charge in [0.15, 0.2) is 6.71 Å². The first-order valence-electron chi connectivity index (χ1n) is 6.15. The lowest BCUT2D eigenvalue weighted by atomic mass is 9.39. The number of hydrogen-bond donors (Lipinski definition) is 0. The summed E-state index contributed by atoms with van der Waals surface area (Å²) in [6.07, 6.45) is 8.90. The van der Waals surface area contributed by atoms with Gasteiger partial charge in [-0.15, -0.1) is 19.7 Å². The number of rotatable bonds is 7. The second-order valence-electron chi connectivity index (χ2n) is 4.38. The number of benzene rings is 1. The van der Waals surface area contributed by atoms with E-state index in [1.807, 2.05) is 18.2 Å². The maximum atomic E-state index is 3.85. The van der Waals surface area contributed by atoms with Crippen LogP contribution in [0.25, 0.3) is 0 Å². The molecule has 0 fully saturated rings. The zero-order valence-electron chi connectivity index (χ0n) is 10.8. The van der Waals surface area contributed by atoms with Crippen molar-refractivity contribution < 1.29 is 0 Å². The summed E-state index contributed by atoms with van der Waals surface area (Å²) < 4.78 is 0. The van der Waals surface area contributed by atoms with Crippen LogP contribution in [0.5, 0.6) is 0 Å². The third-order valence-electron chi connectivity index (χ3n) is 3.14. The van der Waals surface area contributed by atoms with E-state index in [4.69, 9.17) is 0 Å². The highest BCUT2D eigenvalue weighted by molar-refractivity contribution is 6.74. The standard InChI is InChI=1S/C16H21B/c1-5-9-15-14(4)10-8-11-16(15)17(12-6-2)13-7-3/h5-8,10-11H,1-3,9,12-13H2,4H3. The molecule has 0 N–H and O–H groups in total. The Bertz CT molecular complexity index is 394. The van der Waals surface area contributed by atoms with Gasteiger partial charge in [0.2, 0.25) is 0 Å². The van der Waals surface area contributed by atoms with Crippen molar-refractivity contribution in [3.63, 3.8) is 0 Å².